The van der Waals surface area contributed by atoms with Gasteiger partial charge in [0.1, 0.15) is 0 Å². The van der Waals surface area contributed by atoms with Crippen LogP contribution in [-0.2, 0) is 12.8 Å². The number of hydrogen-bond acceptors (Lipinski definition) is 2. The molecule has 106 valence electrons. The third kappa shape index (κ3) is 2.29. The van der Waals surface area contributed by atoms with Crippen LogP contribution < -0.4 is 5.73 Å². The van der Waals surface area contributed by atoms with E-state index >= 15 is 0 Å². The third-order valence-corrected chi connectivity index (χ3v) is 5.73. The van der Waals surface area contributed by atoms with E-state index in [9.17, 15) is 0 Å². The van der Waals surface area contributed by atoms with Gasteiger partial charge in [-0.1, -0.05) is 42.5 Å². The second-order valence-corrected chi connectivity index (χ2v) is 6.88. The molecule has 4 rings (SSSR count). The maximum absolute atomic E-state index is 6.58. The molecule has 0 radical (unpaired) electrons. The first-order chi connectivity index (χ1) is 10.3. The Bertz CT molecular complexity index is 774. The summed E-state index contributed by atoms with van der Waals surface area (Å²) in [5, 5.41) is 3.66. The first-order valence-corrected chi connectivity index (χ1v) is 8.49. The minimum Gasteiger partial charge on any atom is -0.327 e. The lowest BCUT2D eigenvalue weighted by Gasteiger charge is -2.20. The molecule has 1 heterocycles. The van der Waals surface area contributed by atoms with Crippen molar-refractivity contribution in [3.8, 4) is 0 Å². The van der Waals surface area contributed by atoms with Crippen molar-refractivity contribution in [3.63, 3.8) is 0 Å². The highest BCUT2D eigenvalue weighted by molar-refractivity contribution is 7.17. The summed E-state index contributed by atoms with van der Waals surface area (Å²) in [5.74, 6) is 0.514. The zero-order valence-electron chi connectivity index (χ0n) is 12.0. The highest BCUT2D eigenvalue weighted by Gasteiger charge is 2.27. The van der Waals surface area contributed by atoms with Crippen LogP contribution in [0.5, 0.6) is 0 Å². The molecule has 3 aromatic rings. The number of thiophene rings is 1. The van der Waals surface area contributed by atoms with Crippen LogP contribution in [0.15, 0.2) is 53.9 Å². The highest BCUT2D eigenvalue weighted by Crippen LogP contribution is 2.36. The Morgan fingerprint density at radius 3 is 2.86 bits per heavy atom. The van der Waals surface area contributed by atoms with E-state index in [1.165, 1.54) is 39.6 Å². The van der Waals surface area contributed by atoms with Gasteiger partial charge in [0.25, 0.3) is 0 Å². The van der Waals surface area contributed by atoms with Crippen molar-refractivity contribution in [2.75, 3.05) is 0 Å². The Labute approximate surface area is 129 Å². The molecule has 2 atom stereocenters. The van der Waals surface area contributed by atoms with E-state index in [2.05, 4.69) is 53.9 Å². The summed E-state index contributed by atoms with van der Waals surface area (Å²) in [4.78, 5) is 0. The van der Waals surface area contributed by atoms with Crippen LogP contribution in [0.3, 0.4) is 0 Å². The number of hydrogen-bond donors (Lipinski definition) is 1. The quantitative estimate of drug-likeness (QED) is 0.756. The molecule has 0 fully saturated rings. The lowest BCUT2D eigenvalue weighted by Crippen LogP contribution is -2.29. The molecular formula is C19H19NS. The average Bonchev–Trinajstić information content (AvgIpc) is 3.12. The second kappa shape index (κ2) is 5.28. The molecular weight excluding hydrogens is 274 g/mol. The van der Waals surface area contributed by atoms with Crippen LogP contribution >= 0.6 is 11.3 Å². The first kappa shape index (κ1) is 13.1. The molecule has 2 aromatic carbocycles. The monoisotopic (exact) mass is 293 g/mol. The van der Waals surface area contributed by atoms with Crippen molar-refractivity contribution in [1.82, 2.24) is 0 Å². The molecule has 0 saturated carbocycles. The molecule has 1 nitrogen and oxygen atoms in total. The largest absolute Gasteiger partial charge is 0.327 e. The minimum atomic E-state index is 0.214. The van der Waals surface area contributed by atoms with Gasteiger partial charge in [0.15, 0.2) is 0 Å². The molecule has 2 heteroatoms. The van der Waals surface area contributed by atoms with Crippen molar-refractivity contribution in [2.24, 2.45) is 5.73 Å². The number of rotatable bonds is 3. The predicted molar refractivity (Wildman–Crippen MR) is 91.0 cm³/mol. The van der Waals surface area contributed by atoms with Crippen molar-refractivity contribution in [1.29, 1.82) is 0 Å². The van der Waals surface area contributed by atoms with Gasteiger partial charge in [-0.15, -0.1) is 11.3 Å². The molecule has 0 aliphatic heterocycles. The van der Waals surface area contributed by atoms with Crippen molar-refractivity contribution < 1.29 is 0 Å². The third-order valence-electron chi connectivity index (χ3n) is 4.71. The maximum Gasteiger partial charge on any atom is 0.0345 e. The number of fused-ring (bicyclic) bond motifs is 2. The molecule has 1 aromatic heterocycles. The van der Waals surface area contributed by atoms with Crippen molar-refractivity contribution in [2.45, 2.75) is 31.2 Å². The van der Waals surface area contributed by atoms with E-state index in [4.69, 9.17) is 5.73 Å². The fraction of sp³-hybridized carbons (Fsp3) is 0.263. The molecule has 0 amide bonds. The van der Waals surface area contributed by atoms with Crippen molar-refractivity contribution >= 4 is 21.4 Å². The van der Waals surface area contributed by atoms with E-state index in [0.717, 1.165) is 6.42 Å². The summed E-state index contributed by atoms with van der Waals surface area (Å²) in [5.41, 5.74) is 11.0. The fourth-order valence-corrected chi connectivity index (χ4v) is 4.60. The van der Waals surface area contributed by atoms with Gasteiger partial charge in [-0.25, -0.2) is 0 Å². The average molecular weight is 293 g/mol. The molecule has 21 heavy (non-hydrogen) atoms. The van der Waals surface area contributed by atoms with Crippen LogP contribution in [0.2, 0.25) is 0 Å². The Morgan fingerprint density at radius 1 is 1.10 bits per heavy atom. The smallest absolute Gasteiger partial charge is 0.0345 e. The Morgan fingerprint density at radius 2 is 1.90 bits per heavy atom. The van der Waals surface area contributed by atoms with Crippen LogP contribution in [0.25, 0.3) is 10.1 Å². The molecule has 0 bridgehead atoms. The Balaban J connectivity index is 1.61. The Hall–Kier alpha value is -1.64. The zero-order chi connectivity index (χ0) is 14.2. The van der Waals surface area contributed by atoms with E-state index in [0.29, 0.717) is 5.92 Å². The molecule has 0 saturated heterocycles. The van der Waals surface area contributed by atoms with E-state index in [1.54, 1.807) is 0 Å². The van der Waals surface area contributed by atoms with Gasteiger partial charge in [0.05, 0.1) is 0 Å². The predicted octanol–water partition coefficient (Wildman–Crippen LogP) is 4.50. The normalized spacial score (nSPS) is 18.8. The van der Waals surface area contributed by atoms with E-state index < -0.39 is 0 Å². The van der Waals surface area contributed by atoms with Gasteiger partial charge in [0.2, 0.25) is 0 Å². The summed E-state index contributed by atoms with van der Waals surface area (Å²) in [6, 6.07) is 17.6. The SMILES string of the molecule is NC(Cc1csc2ccccc12)C1CCc2ccccc21. The number of aryl methyl sites for hydroxylation is 1. The summed E-state index contributed by atoms with van der Waals surface area (Å²) in [6.45, 7) is 0. The van der Waals surface area contributed by atoms with Crippen LogP contribution in [0.1, 0.15) is 29.0 Å². The maximum atomic E-state index is 6.58. The summed E-state index contributed by atoms with van der Waals surface area (Å²) < 4.78 is 1.37. The van der Waals surface area contributed by atoms with Gasteiger partial charge in [-0.05, 0) is 58.7 Å². The van der Waals surface area contributed by atoms with Gasteiger partial charge < -0.3 is 5.73 Å². The van der Waals surface area contributed by atoms with E-state index in [1.807, 2.05) is 11.3 Å². The first-order valence-electron chi connectivity index (χ1n) is 7.61. The van der Waals surface area contributed by atoms with Crippen molar-refractivity contribution in [3.05, 3.63) is 70.6 Å². The van der Waals surface area contributed by atoms with Gasteiger partial charge >= 0.3 is 0 Å². The molecule has 1 aliphatic rings. The number of nitrogens with two attached hydrogens (primary N) is 1. The fourth-order valence-electron chi connectivity index (χ4n) is 3.62. The highest BCUT2D eigenvalue weighted by atomic mass is 32.1. The van der Waals surface area contributed by atoms with Gasteiger partial charge in [0, 0.05) is 10.7 Å². The summed E-state index contributed by atoms with van der Waals surface area (Å²) in [7, 11) is 0. The van der Waals surface area contributed by atoms with Crippen LogP contribution in [0, 0.1) is 0 Å². The summed E-state index contributed by atoms with van der Waals surface area (Å²) in [6.07, 6.45) is 3.35. The Kier molecular flexibility index (Phi) is 3.28. The lowest BCUT2D eigenvalue weighted by molar-refractivity contribution is 0.526. The molecule has 2 N–H and O–H groups in total. The molecule has 2 unspecified atom stereocenters. The minimum absolute atomic E-state index is 0.214. The molecule has 1 aliphatic carbocycles. The van der Waals surface area contributed by atoms with Crippen LogP contribution in [-0.4, -0.2) is 6.04 Å². The topological polar surface area (TPSA) is 26.0 Å². The summed E-state index contributed by atoms with van der Waals surface area (Å²) >= 11 is 1.83. The van der Waals surface area contributed by atoms with Gasteiger partial charge in [-0.2, -0.15) is 0 Å². The standard InChI is InChI=1S/C19H19NS/c20-18(17-10-9-13-5-1-2-6-15(13)17)11-14-12-21-19-8-4-3-7-16(14)19/h1-8,12,17-18H,9-11,20H2. The number of benzene rings is 2. The zero-order valence-corrected chi connectivity index (χ0v) is 12.8. The van der Waals surface area contributed by atoms with Crippen LogP contribution in [0.4, 0.5) is 0 Å². The second-order valence-electron chi connectivity index (χ2n) is 5.97. The molecule has 0 spiro atoms. The van der Waals surface area contributed by atoms with E-state index in [-0.39, 0.29) is 6.04 Å². The lowest BCUT2D eigenvalue weighted by atomic mass is 9.89. The van der Waals surface area contributed by atoms with Gasteiger partial charge in [-0.3, -0.25) is 0 Å².